The van der Waals surface area contributed by atoms with Crippen LogP contribution in [0.2, 0.25) is 0 Å². The molecule has 0 saturated carbocycles. The maximum absolute atomic E-state index is 14.6. The van der Waals surface area contributed by atoms with Crippen LogP contribution >= 0.6 is 0 Å². The van der Waals surface area contributed by atoms with Gasteiger partial charge in [-0.3, -0.25) is 4.79 Å². The molecule has 0 spiro atoms. The summed E-state index contributed by atoms with van der Waals surface area (Å²) < 4.78 is 29.2. The van der Waals surface area contributed by atoms with E-state index in [9.17, 15) is 13.6 Å². The molecule has 1 aliphatic heterocycles. The van der Waals surface area contributed by atoms with Gasteiger partial charge in [-0.2, -0.15) is 0 Å². The van der Waals surface area contributed by atoms with Crippen molar-refractivity contribution in [1.29, 1.82) is 0 Å². The molecule has 1 unspecified atom stereocenters. The second-order valence-corrected chi connectivity index (χ2v) is 6.18. The quantitative estimate of drug-likeness (QED) is 0.918. The molecule has 0 aromatic heterocycles. The molecular weight excluding hydrogens is 310 g/mol. The van der Waals surface area contributed by atoms with Crippen molar-refractivity contribution in [2.45, 2.75) is 32.2 Å². The van der Waals surface area contributed by atoms with Crippen molar-refractivity contribution in [2.24, 2.45) is 5.73 Å². The molecule has 0 aliphatic carbocycles. The minimum Gasteiger partial charge on any atom is -0.324 e. The van der Waals surface area contributed by atoms with Crippen molar-refractivity contribution in [2.75, 3.05) is 11.4 Å². The molecule has 2 aromatic rings. The number of nitrogens with two attached hydrogens (primary N) is 1. The van der Waals surface area contributed by atoms with Gasteiger partial charge < -0.3 is 10.6 Å². The smallest absolute Gasteiger partial charge is 0.227 e. The van der Waals surface area contributed by atoms with Crippen LogP contribution in [-0.2, 0) is 4.79 Å². The molecule has 2 N–H and O–H groups in total. The minimum absolute atomic E-state index is 0.0179. The van der Waals surface area contributed by atoms with Crippen LogP contribution in [0.15, 0.2) is 36.4 Å². The Morgan fingerprint density at radius 3 is 2.62 bits per heavy atom. The summed E-state index contributed by atoms with van der Waals surface area (Å²) in [6.45, 7) is 2.26. The SMILES string of the molecule is CC(N)c1cccc(-c2ccc(N3CCCCC3=O)c(F)c2F)c1. The molecule has 24 heavy (non-hydrogen) atoms. The normalized spacial score (nSPS) is 16.3. The summed E-state index contributed by atoms with van der Waals surface area (Å²) in [7, 11) is 0. The van der Waals surface area contributed by atoms with Gasteiger partial charge in [-0.15, -0.1) is 0 Å². The van der Waals surface area contributed by atoms with E-state index in [1.807, 2.05) is 13.0 Å². The lowest BCUT2D eigenvalue weighted by molar-refractivity contribution is -0.119. The van der Waals surface area contributed by atoms with Gasteiger partial charge in [-0.1, -0.05) is 18.2 Å². The van der Waals surface area contributed by atoms with E-state index in [2.05, 4.69) is 0 Å². The number of nitrogens with zero attached hydrogens (tertiary/aromatic N) is 1. The fraction of sp³-hybridized carbons (Fsp3) is 0.316. The van der Waals surface area contributed by atoms with E-state index in [1.54, 1.807) is 18.2 Å². The first kappa shape index (κ1) is 16.6. The number of rotatable bonds is 3. The van der Waals surface area contributed by atoms with Gasteiger partial charge in [0.05, 0.1) is 5.69 Å². The number of hydrogen-bond donors (Lipinski definition) is 1. The van der Waals surface area contributed by atoms with Crippen LogP contribution in [0.4, 0.5) is 14.5 Å². The van der Waals surface area contributed by atoms with Gasteiger partial charge in [0.2, 0.25) is 5.91 Å². The summed E-state index contributed by atoms with van der Waals surface area (Å²) in [5.74, 6) is -2.08. The second kappa shape index (κ2) is 6.69. The van der Waals surface area contributed by atoms with Gasteiger partial charge in [-0.25, -0.2) is 8.78 Å². The van der Waals surface area contributed by atoms with Crippen LogP contribution in [0.25, 0.3) is 11.1 Å². The van der Waals surface area contributed by atoms with E-state index < -0.39 is 11.6 Å². The van der Waals surface area contributed by atoms with Crippen LogP contribution in [0.1, 0.15) is 37.8 Å². The third-order valence-corrected chi connectivity index (χ3v) is 4.40. The molecule has 2 aromatic carbocycles. The number of halogens is 2. The molecule has 1 aliphatic rings. The standard InChI is InChI=1S/C19H20F2N2O/c1-12(22)13-5-4-6-14(11-13)15-8-9-16(19(21)18(15)20)23-10-3-2-7-17(23)24/h4-6,8-9,11-12H,2-3,7,10,22H2,1H3. The summed E-state index contributed by atoms with van der Waals surface area (Å²) in [5, 5.41) is 0. The number of benzene rings is 2. The maximum Gasteiger partial charge on any atom is 0.227 e. The summed E-state index contributed by atoms with van der Waals surface area (Å²) in [6, 6.07) is 9.91. The Hall–Kier alpha value is -2.27. The third kappa shape index (κ3) is 3.04. The van der Waals surface area contributed by atoms with E-state index in [4.69, 9.17) is 5.73 Å². The average molecular weight is 330 g/mol. The first-order valence-corrected chi connectivity index (χ1v) is 8.13. The predicted octanol–water partition coefficient (Wildman–Crippen LogP) is 4.17. The average Bonchev–Trinajstić information content (AvgIpc) is 2.58. The highest BCUT2D eigenvalue weighted by Crippen LogP contribution is 2.32. The Morgan fingerprint density at radius 1 is 1.12 bits per heavy atom. The van der Waals surface area contributed by atoms with E-state index in [0.717, 1.165) is 18.4 Å². The fourth-order valence-corrected chi connectivity index (χ4v) is 3.02. The van der Waals surface area contributed by atoms with Crippen molar-refractivity contribution in [1.82, 2.24) is 0 Å². The molecule has 0 radical (unpaired) electrons. The molecule has 1 heterocycles. The lowest BCUT2D eigenvalue weighted by Gasteiger charge is -2.27. The number of piperidine rings is 1. The number of carbonyl (C=O) groups excluding carboxylic acids is 1. The van der Waals surface area contributed by atoms with Gasteiger partial charge in [0, 0.05) is 24.6 Å². The number of hydrogen-bond acceptors (Lipinski definition) is 2. The molecule has 3 nitrogen and oxygen atoms in total. The Bertz CT molecular complexity index is 774. The monoisotopic (exact) mass is 330 g/mol. The van der Waals surface area contributed by atoms with Gasteiger partial charge >= 0.3 is 0 Å². The van der Waals surface area contributed by atoms with Crippen molar-refractivity contribution < 1.29 is 13.6 Å². The molecule has 1 atom stereocenters. The zero-order chi connectivity index (χ0) is 17.3. The topological polar surface area (TPSA) is 46.3 Å². The summed E-state index contributed by atoms with van der Waals surface area (Å²) in [5.41, 5.74) is 7.46. The highest BCUT2D eigenvalue weighted by molar-refractivity contribution is 5.94. The highest BCUT2D eigenvalue weighted by atomic mass is 19.2. The van der Waals surface area contributed by atoms with Crippen LogP contribution in [0, 0.1) is 11.6 Å². The number of anilines is 1. The molecule has 1 fully saturated rings. The first-order valence-electron chi connectivity index (χ1n) is 8.13. The van der Waals surface area contributed by atoms with Gasteiger partial charge in [0.25, 0.3) is 0 Å². The van der Waals surface area contributed by atoms with E-state index in [1.165, 1.54) is 17.0 Å². The summed E-state index contributed by atoms with van der Waals surface area (Å²) in [6.07, 6.45) is 1.96. The van der Waals surface area contributed by atoms with Gasteiger partial charge in [0.15, 0.2) is 11.6 Å². The van der Waals surface area contributed by atoms with Gasteiger partial charge in [-0.05, 0) is 49.1 Å². The largest absolute Gasteiger partial charge is 0.324 e. The predicted molar refractivity (Wildman–Crippen MR) is 90.6 cm³/mol. The molecule has 1 amide bonds. The van der Waals surface area contributed by atoms with Crippen molar-refractivity contribution >= 4 is 11.6 Å². The molecule has 126 valence electrons. The lowest BCUT2D eigenvalue weighted by Crippen LogP contribution is -2.36. The van der Waals surface area contributed by atoms with Crippen LogP contribution in [0.3, 0.4) is 0 Å². The summed E-state index contributed by atoms with van der Waals surface area (Å²) in [4.78, 5) is 13.3. The van der Waals surface area contributed by atoms with E-state index in [-0.39, 0.29) is 23.2 Å². The van der Waals surface area contributed by atoms with Gasteiger partial charge in [0.1, 0.15) is 0 Å². The molecule has 3 rings (SSSR count). The lowest BCUT2D eigenvalue weighted by atomic mass is 9.99. The van der Waals surface area contributed by atoms with E-state index in [0.29, 0.717) is 18.5 Å². The van der Waals surface area contributed by atoms with E-state index >= 15 is 0 Å². The molecule has 1 saturated heterocycles. The zero-order valence-electron chi connectivity index (χ0n) is 13.6. The molecule has 0 bridgehead atoms. The number of carbonyl (C=O) groups is 1. The fourth-order valence-electron chi connectivity index (χ4n) is 3.02. The minimum atomic E-state index is -0.978. The summed E-state index contributed by atoms with van der Waals surface area (Å²) >= 11 is 0. The first-order chi connectivity index (χ1) is 11.5. The Kier molecular flexibility index (Phi) is 4.62. The number of amides is 1. The Morgan fingerprint density at radius 2 is 1.92 bits per heavy atom. The van der Waals surface area contributed by atoms with Crippen LogP contribution < -0.4 is 10.6 Å². The second-order valence-electron chi connectivity index (χ2n) is 6.18. The van der Waals surface area contributed by atoms with Crippen molar-refractivity contribution in [3.63, 3.8) is 0 Å². The van der Waals surface area contributed by atoms with Crippen molar-refractivity contribution in [3.8, 4) is 11.1 Å². The Labute approximate surface area is 140 Å². The van der Waals surface area contributed by atoms with Crippen molar-refractivity contribution in [3.05, 3.63) is 53.6 Å². The maximum atomic E-state index is 14.6. The van der Waals surface area contributed by atoms with Crippen LogP contribution in [0.5, 0.6) is 0 Å². The molecule has 5 heteroatoms. The molecular formula is C19H20F2N2O. The van der Waals surface area contributed by atoms with Crippen LogP contribution in [-0.4, -0.2) is 12.5 Å². The zero-order valence-corrected chi connectivity index (χ0v) is 13.6. The third-order valence-electron chi connectivity index (χ3n) is 4.40. The highest BCUT2D eigenvalue weighted by Gasteiger charge is 2.25. The Balaban J connectivity index is 2.01.